The number of rotatable bonds is 4. The second kappa shape index (κ2) is 6.74. The summed E-state index contributed by atoms with van der Waals surface area (Å²) in [6.45, 7) is 6.50. The van der Waals surface area contributed by atoms with Crippen molar-refractivity contribution in [2.24, 2.45) is 0 Å². The highest BCUT2D eigenvalue weighted by atomic mass is 16.6. The van der Waals surface area contributed by atoms with E-state index in [2.05, 4.69) is 0 Å². The van der Waals surface area contributed by atoms with Gasteiger partial charge in [-0.3, -0.25) is 14.9 Å². The van der Waals surface area contributed by atoms with E-state index in [-0.39, 0.29) is 30.4 Å². The lowest BCUT2D eigenvalue weighted by Crippen LogP contribution is -2.49. The normalized spacial score (nSPS) is 21.5. The summed E-state index contributed by atoms with van der Waals surface area (Å²) in [6.07, 6.45) is 0.0173. The molecule has 0 N–H and O–H groups in total. The predicted molar refractivity (Wildman–Crippen MR) is 79.9 cm³/mol. The summed E-state index contributed by atoms with van der Waals surface area (Å²) in [7, 11) is 0. The molecule has 1 heterocycles. The molecule has 0 saturated carbocycles. The summed E-state index contributed by atoms with van der Waals surface area (Å²) in [4.78, 5) is 24.2. The minimum absolute atomic E-state index is 0.00863. The molecule has 1 aliphatic rings. The zero-order chi connectivity index (χ0) is 16.3. The van der Waals surface area contributed by atoms with Gasteiger partial charge >= 0.3 is 0 Å². The minimum Gasteiger partial charge on any atom is -0.484 e. The van der Waals surface area contributed by atoms with Crippen LogP contribution in [0.15, 0.2) is 18.2 Å². The Kier molecular flexibility index (Phi) is 4.97. The maximum atomic E-state index is 12.2. The Balaban J connectivity index is 1.93. The van der Waals surface area contributed by atoms with Crippen molar-refractivity contribution in [1.29, 1.82) is 0 Å². The standard InChI is InChI=1S/C15H20N2O5/c1-10-6-13(4-5-14(10)17(19)20)21-9-15(18)16-7-11(2)22-12(3)8-16/h4-6,11-12H,7-9H2,1-3H3. The number of nitro benzene ring substituents is 1. The number of carbonyl (C=O) groups is 1. The zero-order valence-corrected chi connectivity index (χ0v) is 12.9. The summed E-state index contributed by atoms with van der Waals surface area (Å²) >= 11 is 0. The Hall–Kier alpha value is -2.15. The van der Waals surface area contributed by atoms with E-state index in [1.54, 1.807) is 17.9 Å². The Morgan fingerprint density at radius 3 is 2.59 bits per heavy atom. The number of hydrogen-bond acceptors (Lipinski definition) is 5. The van der Waals surface area contributed by atoms with E-state index in [9.17, 15) is 14.9 Å². The molecular weight excluding hydrogens is 288 g/mol. The van der Waals surface area contributed by atoms with Gasteiger partial charge in [0.05, 0.1) is 17.1 Å². The van der Waals surface area contributed by atoms with Crippen LogP contribution in [0.4, 0.5) is 5.69 Å². The van der Waals surface area contributed by atoms with Crippen molar-refractivity contribution in [1.82, 2.24) is 4.90 Å². The first-order chi connectivity index (χ1) is 10.4. The number of morpholine rings is 1. The lowest BCUT2D eigenvalue weighted by molar-refractivity contribution is -0.385. The van der Waals surface area contributed by atoms with Crippen LogP contribution in [-0.4, -0.2) is 47.6 Å². The molecule has 22 heavy (non-hydrogen) atoms. The molecule has 1 aromatic carbocycles. The van der Waals surface area contributed by atoms with Crippen LogP contribution in [0.2, 0.25) is 0 Å². The third-order valence-corrected chi connectivity index (χ3v) is 3.50. The van der Waals surface area contributed by atoms with E-state index >= 15 is 0 Å². The Morgan fingerprint density at radius 1 is 1.41 bits per heavy atom. The first kappa shape index (κ1) is 16.2. The highest BCUT2D eigenvalue weighted by Crippen LogP contribution is 2.23. The molecule has 0 bridgehead atoms. The summed E-state index contributed by atoms with van der Waals surface area (Å²) in [5.41, 5.74) is 0.540. The molecule has 2 atom stereocenters. The van der Waals surface area contributed by atoms with Gasteiger partial charge in [-0.15, -0.1) is 0 Å². The number of benzene rings is 1. The maximum Gasteiger partial charge on any atom is 0.272 e. The van der Waals surface area contributed by atoms with Gasteiger partial charge in [-0.2, -0.15) is 0 Å². The summed E-state index contributed by atoms with van der Waals surface area (Å²) < 4.78 is 11.0. The van der Waals surface area contributed by atoms with Crippen LogP contribution < -0.4 is 4.74 Å². The van der Waals surface area contributed by atoms with Crippen LogP contribution in [0.3, 0.4) is 0 Å². The number of ether oxygens (including phenoxy) is 2. The Bertz CT molecular complexity index is 565. The molecule has 7 heteroatoms. The van der Waals surface area contributed by atoms with E-state index in [1.165, 1.54) is 12.1 Å². The van der Waals surface area contributed by atoms with Gasteiger partial charge in [0.25, 0.3) is 11.6 Å². The number of nitrogens with zero attached hydrogens (tertiary/aromatic N) is 2. The molecule has 7 nitrogen and oxygen atoms in total. The van der Waals surface area contributed by atoms with Gasteiger partial charge in [0, 0.05) is 24.7 Å². The predicted octanol–water partition coefficient (Wildman–Crippen LogP) is 1.92. The van der Waals surface area contributed by atoms with Gasteiger partial charge < -0.3 is 14.4 Å². The van der Waals surface area contributed by atoms with Gasteiger partial charge in [-0.1, -0.05) is 0 Å². The fraction of sp³-hybridized carbons (Fsp3) is 0.533. The molecule has 120 valence electrons. The maximum absolute atomic E-state index is 12.2. The largest absolute Gasteiger partial charge is 0.484 e. The van der Waals surface area contributed by atoms with E-state index in [0.29, 0.717) is 24.4 Å². The van der Waals surface area contributed by atoms with Gasteiger partial charge in [0.1, 0.15) is 5.75 Å². The second-order valence-electron chi connectivity index (χ2n) is 5.55. The Morgan fingerprint density at radius 2 is 2.05 bits per heavy atom. The molecule has 2 unspecified atom stereocenters. The van der Waals surface area contributed by atoms with Gasteiger partial charge in [0.15, 0.2) is 6.61 Å². The van der Waals surface area contributed by atoms with Crippen molar-refractivity contribution in [2.45, 2.75) is 33.0 Å². The highest BCUT2D eigenvalue weighted by Gasteiger charge is 2.26. The SMILES string of the molecule is Cc1cc(OCC(=O)N2CC(C)OC(C)C2)ccc1[N+](=O)[O-]. The van der Waals surface area contributed by atoms with Crippen LogP contribution >= 0.6 is 0 Å². The van der Waals surface area contributed by atoms with Crippen molar-refractivity contribution in [2.75, 3.05) is 19.7 Å². The third kappa shape index (κ3) is 3.94. The number of nitro groups is 1. The first-order valence-electron chi connectivity index (χ1n) is 7.18. The molecule has 1 aromatic rings. The van der Waals surface area contributed by atoms with Crippen molar-refractivity contribution in [3.8, 4) is 5.75 Å². The molecule has 1 saturated heterocycles. The molecule has 0 aromatic heterocycles. The molecule has 0 radical (unpaired) electrons. The zero-order valence-electron chi connectivity index (χ0n) is 12.9. The molecule has 0 spiro atoms. The minimum atomic E-state index is -0.444. The van der Waals surface area contributed by atoms with E-state index in [1.807, 2.05) is 13.8 Å². The molecule has 1 aliphatic heterocycles. The number of amides is 1. The van der Waals surface area contributed by atoms with E-state index < -0.39 is 4.92 Å². The van der Waals surface area contributed by atoms with Crippen LogP contribution in [-0.2, 0) is 9.53 Å². The average molecular weight is 308 g/mol. The quantitative estimate of drug-likeness (QED) is 0.627. The van der Waals surface area contributed by atoms with Crippen LogP contribution in [0, 0.1) is 17.0 Å². The number of hydrogen-bond donors (Lipinski definition) is 0. The average Bonchev–Trinajstić information content (AvgIpc) is 2.43. The fourth-order valence-electron chi connectivity index (χ4n) is 2.54. The second-order valence-corrected chi connectivity index (χ2v) is 5.55. The number of aryl methyl sites for hydroxylation is 1. The Labute approximate surface area is 129 Å². The monoisotopic (exact) mass is 308 g/mol. The molecule has 1 fully saturated rings. The van der Waals surface area contributed by atoms with Gasteiger partial charge in [-0.05, 0) is 32.9 Å². The third-order valence-electron chi connectivity index (χ3n) is 3.50. The summed E-state index contributed by atoms with van der Waals surface area (Å²) in [6, 6.07) is 4.45. The lowest BCUT2D eigenvalue weighted by Gasteiger charge is -2.35. The molecular formula is C15H20N2O5. The highest BCUT2D eigenvalue weighted by molar-refractivity contribution is 5.78. The van der Waals surface area contributed by atoms with Gasteiger partial charge in [0.2, 0.25) is 0 Å². The van der Waals surface area contributed by atoms with Crippen LogP contribution in [0.25, 0.3) is 0 Å². The van der Waals surface area contributed by atoms with Gasteiger partial charge in [-0.25, -0.2) is 0 Å². The smallest absolute Gasteiger partial charge is 0.272 e. The first-order valence-corrected chi connectivity index (χ1v) is 7.18. The van der Waals surface area contributed by atoms with Crippen molar-refractivity contribution in [3.05, 3.63) is 33.9 Å². The van der Waals surface area contributed by atoms with E-state index in [0.717, 1.165) is 0 Å². The van der Waals surface area contributed by atoms with Crippen molar-refractivity contribution < 1.29 is 19.2 Å². The fourth-order valence-corrected chi connectivity index (χ4v) is 2.54. The number of carbonyl (C=O) groups excluding carboxylic acids is 1. The molecule has 2 rings (SSSR count). The topological polar surface area (TPSA) is 81.9 Å². The van der Waals surface area contributed by atoms with Crippen LogP contribution in [0.5, 0.6) is 5.75 Å². The molecule has 1 amide bonds. The van der Waals surface area contributed by atoms with Crippen LogP contribution in [0.1, 0.15) is 19.4 Å². The summed E-state index contributed by atoms with van der Waals surface area (Å²) in [5, 5.41) is 10.8. The molecule has 0 aliphatic carbocycles. The summed E-state index contributed by atoms with van der Waals surface area (Å²) in [5.74, 6) is 0.337. The van der Waals surface area contributed by atoms with Crippen molar-refractivity contribution >= 4 is 11.6 Å². The van der Waals surface area contributed by atoms with Crippen molar-refractivity contribution in [3.63, 3.8) is 0 Å². The van der Waals surface area contributed by atoms with E-state index in [4.69, 9.17) is 9.47 Å². The lowest BCUT2D eigenvalue weighted by atomic mass is 10.2.